The van der Waals surface area contributed by atoms with Crippen LogP contribution in [0, 0.1) is 0 Å². The fraction of sp³-hybridized carbons (Fsp3) is 0.556. The standard InChI is InChI=1S/C18H25N3O4/c1-11(19)13-5-6-16-15(8-13)21(18(23)12(2)25-16)10-17(22)20-9-14-4-3-7-24-14/h5-6,8,11-12,14H,3-4,7,9-10,19H2,1-2H3,(H,20,22). The van der Waals surface area contributed by atoms with E-state index in [2.05, 4.69) is 5.32 Å². The number of nitrogens with one attached hydrogen (secondary N) is 1. The van der Waals surface area contributed by atoms with Crippen molar-refractivity contribution in [2.24, 2.45) is 5.73 Å². The molecule has 0 radical (unpaired) electrons. The largest absolute Gasteiger partial charge is 0.479 e. The van der Waals surface area contributed by atoms with Gasteiger partial charge in [0, 0.05) is 19.2 Å². The van der Waals surface area contributed by atoms with Gasteiger partial charge in [-0.25, -0.2) is 0 Å². The van der Waals surface area contributed by atoms with E-state index in [1.807, 2.05) is 19.1 Å². The highest BCUT2D eigenvalue weighted by Crippen LogP contribution is 2.35. The first-order chi connectivity index (χ1) is 12.0. The van der Waals surface area contributed by atoms with Crippen LogP contribution in [-0.2, 0) is 14.3 Å². The first-order valence-corrected chi connectivity index (χ1v) is 8.71. The number of fused-ring (bicyclic) bond motifs is 1. The molecule has 1 saturated heterocycles. The monoisotopic (exact) mass is 347 g/mol. The maximum atomic E-state index is 12.5. The third kappa shape index (κ3) is 3.93. The molecule has 1 fully saturated rings. The number of hydrogen-bond donors (Lipinski definition) is 2. The lowest BCUT2D eigenvalue weighted by Gasteiger charge is -2.33. The van der Waals surface area contributed by atoms with Gasteiger partial charge in [-0.2, -0.15) is 0 Å². The Morgan fingerprint density at radius 2 is 2.28 bits per heavy atom. The van der Waals surface area contributed by atoms with E-state index in [-0.39, 0.29) is 30.5 Å². The Bertz CT molecular complexity index is 656. The zero-order valence-electron chi connectivity index (χ0n) is 14.7. The van der Waals surface area contributed by atoms with Crippen LogP contribution in [-0.4, -0.2) is 43.7 Å². The zero-order valence-corrected chi connectivity index (χ0v) is 14.7. The van der Waals surface area contributed by atoms with Crippen molar-refractivity contribution in [2.75, 3.05) is 24.6 Å². The average molecular weight is 347 g/mol. The summed E-state index contributed by atoms with van der Waals surface area (Å²) in [5.41, 5.74) is 7.41. The Morgan fingerprint density at radius 3 is 2.96 bits per heavy atom. The maximum absolute atomic E-state index is 12.5. The van der Waals surface area contributed by atoms with Crippen LogP contribution in [0.25, 0.3) is 0 Å². The topological polar surface area (TPSA) is 93.9 Å². The number of carbonyl (C=O) groups excluding carboxylic acids is 2. The van der Waals surface area contributed by atoms with Crippen molar-refractivity contribution in [3.8, 4) is 5.75 Å². The highest BCUT2D eigenvalue weighted by molar-refractivity contribution is 6.03. The molecule has 3 unspecified atom stereocenters. The van der Waals surface area contributed by atoms with Crippen LogP contribution in [0.1, 0.15) is 38.3 Å². The molecule has 3 atom stereocenters. The van der Waals surface area contributed by atoms with Crippen molar-refractivity contribution in [1.82, 2.24) is 5.32 Å². The van der Waals surface area contributed by atoms with Crippen molar-refractivity contribution < 1.29 is 19.1 Å². The fourth-order valence-corrected chi connectivity index (χ4v) is 3.10. The lowest BCUT2D eigenvalue weighted by atomic mass is 10.1. The van der Waals surface area contributed by atoms with Gasteiger partial charge in [-0.05, 0) is 44.4 Å². The third-order valence-corrected chi connectivity index (χ3v) is 4.57. The summed E-state index contributed by atoms with van der Waals surface area (Å²) >= 11 is 0. The lowest BCUT2D eigenvalue weighted by molar-refractivity contribution is -0.128. The number of ether oxygens (including phenoxy) is 2. The van der Waals surface area contributed by atoms with Crippen LogP contribution in [0.15, 0.2) is 18.2 Å². The molecule has 3 rings (SSSR count). The quantitative estimate of drug-likeness (QED) is 0.832. The van der Waals surface area contributed by atoms with Gasteiger partial charge in [0.15, 0.2) is 6.10 Å². The summed E-state index contributed by atoms with van der Waals surface area (Å²) in [5, 5.41) is 2.85. The second kappa shape index (κ2) is 7.41. The van der Waals surface area contributed by atoms with E-state index in [4.69, 9.17) is 15.2 Å². The van der Waals surface area contributed by atoms with Crippen LogP contribution in [0.3, 0.4) is 0 Å². The van der Waals surface area contributed by atoms with E-state index in [0.717, 1.165) is 25.0 Å². The summed E-state index contributed by atoms with van der Waals surface area (Å²) in [7, 11) is 0. The van der Waals surface area contributed by atoms with Gasteiger partial charge in [-0.1, -0.05) is 6.07 Å². The highest BCUT2D eigenvalue weighted by Gasteiger charge is 2.33. The van der Waals surface area contributed by atoms with Gasteiger partial charge in [0.1, 0.15) is 12.3 Å². The van der Waals surface area contributed by atoms with Gasteiger partial charge in [-0.3, -0.25) is 14.5 Å². The first kappa shape index (κ1) is 17.7. The normalized spacial score (nSPS) is 23.8. The van der Waals surface area contributed by atoms with Crippen LogP contribution in [0.4, 0.5) is 5.69 Å². The van der Waals surface area contributed by atoms with Gasteiger partial charge in [-0.15, -0.1) is 0 Å². The molecule has 2 heterocycles. The molecule has 25 heavy (non-hydrogen) atoms. The molecule has 7 nitrogen and oxygen atoms in total. The van der Waals surface area contributed by atoms with Gasteiger partial charge < -0.3 is 20.5 Å². The minimum Gasteiger partial charge on any atom is -0.479 e. The van der Waals surface area contributed by atoms with E-state index in [1.165, 1.54) is 4.90 Å². The number of nitrogens with zero attached hydrogens (tertiary/aromatic N) is 1. The second-order valence-electron chi connectivity index (χ2n) is 6.64. The average Bonchev–Trinajstić information content (AvgIpc) is 3.10. The molecule has 2 aliphatic heterocycles. The number of nitrogens with two attached hydrogens (primary N) is 1. The molecular weight excluding hydrogens is 322 g/mol. The summed E-state index contributed by atoms with van der Waals surface area (Å²) in [6.07, 6.45) is 1.42. The Labute approximate surface area is 147 Å². The van der Waals surface area contributed by atoms with Crippen LogP contribution in [0.5, 0.6) is 5.75 Å². The third-order valence-electron chi connectivity index (χ3n) is 4.57. The van der Waals surface area contributed by atoms with Crippen molar-refractivity contribution in [1.29, 1.82) is 0 Å². The molecule has 0 saturated carbocycles. The molecule has 136 valence electrons. The number of amides is 2. The van der Waals surface area contributed by atoms with E-state index >= 15 is 0 Å². The number of anilines is 1. The SMILES string of the molecule is CC1Oc2ccc(C(C)N)cc2N(CC(=O)NCC2CCCO2)C1=O. The molecule has 2 amide bonds. The molecular formula is C18H25N3O4. The van der Waals surface area contributed by atoms with E-state index < -0.39 is 6.10 Å². The molecule has 7 heteroatoms. The summed E-state index contributed by atoms with van der Waals surface area (Å²) in [5.74, 6) is 0.139. The van der Waals surface area contributed by atoms with Gasteiger partial charge in [0.2, 0.25) is 5.91 Å². The van der Waals surface area contributed by atoms with Crippen molar-refractivity contribution in [2.45, 2.75) is 44.9 Å². The maximum Gasteiger partial charge on any atom is 0.268 e. The minimum atomic E-state index is -0.625. The Balaban J connectivity index is 1.73. The van der Waals surface area contributed by atoms with E-state index in [0.29, 0.717) is 18.0 Å². The Kier molecular flexibility index (Phi) is 5.24. The van der Waals surface area contributed by atoms with Gasteiger partial charge in [0.05, 0.1) is 11.8 Å². The molecule has 0 aliphatic carbocycles. The Morgan fingerprint density at radius 1 is 1.48 bits per heavy atom. The molecule has 3 N–H and O–H groups in total. The lowest BCUT2D eigenvalue weighted by Crippen LogP contribution is -2.49. The number of carbonyl (C=O) groups is 2. The molecule has 2 aliphatic rings. The number of hydrogen-bond acceptors (Lipinski definition) is 5. The number of rotatable bonds is 5. The summed E-state index contributed by atoms with van der Waals surface area (Å²) in [4.78, 5) is 26.3. The first-order valence-electron chi connectivity index (χ1n) is 8.71. The van der Waals surface area contributed by atoms with Crippen molar-refractivity contribution >= 4 is 17.5 Å². The van der Waals surface area contributed by atoms with Crippen molar-refractivity contribution in [3.05, 3.63) is 23.8 Å². The zero-order chi connectivity index (χ0) is 18.0. The summed E-state index contributed by atoms with van der Waals surface area (Å²) < 4.78 is 11.1. The molecule has 0 aromatic heterocycles. The molecule has 1 aromatic carbocycles. The molecule has 1 aromatic rings. The molecule has 0 bridgehead atoms. The summed E-state index contributed by atoms with van der Waals surface area (Å²) in [6.45, 7) is 4.72. The second-order valence-corrected chi connectivity index (χ2v) is 6.64. The van der Waals surface area contributed by atoms with Crippen LogP contribution < -0.4 is 20.7 Å². The van der Waals surface area contributed by atoms with Crippen molar-refractivity contribution in [3.63, 3.8) is 0 Å². The van der Waals surface area contributed by atoms with E-state index in [9.17, 15) is 9.59 Å². The van der Waals surface area contributed by atoms with E-state index in [1.54, 1.807) is 13.0 Å². The molecule has 0 spiro atoms. The number of benzene rings is 1. The van der Waals surface area contributed by atoms with Crippen LogP contribution >= 0.6 is 0 Å². The highest BCUT2D eigenvalue weighted by atomic mass is 16.5. The minimum absolute atomic E-state index is 0.0470. The smallest absolute Gasteiger partial charge is 0.268 e. The summed E-state index contributed by atoms with van der Waals surface area (Å²) in [6, 6.07) is 5.32. The predicted molar refractivity (Wildman–Crippen MR) is 93.5 cm³/mol. The fourth-order valence-electron chi connectivity index (χ4n) is 3.10. The predicted octanol–water partition coefficient (Wildman–Crippen LogP) is 1.12. The van der Waals surface area contributed by atoms with Crippen LogP contribution in [0.2, 0.25) is 0 Å². The van der Waals surface area contributed by atoms with Gasteiger partial charge in [0.25, 0.3) is 5.91 Å². The Hall–Kier alpha value is -2.12. The van der Waals surface area contributed by atoms with Gasteiger partial charge >= 0.3 is 0 Å².